The van der Waals surface area contributed by atoms with Crippen LogP contribution in [0.25, 0.3) is 0 Å². The zero-order valence-electron chi connectivity index (χ0n) is 15.3. The van der Waals surface area contributed by atoms with Gasteiger partial charge in [-0.3, -0.25) is 4.90 Å². The Morgan fingerprint density at radius 1 is 1.38 bits per heavy atom. The number of anilines is 2. The molecule has 0 saturated carbocycles. The summed E-state index contributed by atoms with van der Waals surface area (Å²) in [6.45, 7) is 7.55. The lowest BCUT2D eigenvalue weighted by atomic mass is 10.1. The summed E-state index contributed by atoms with van der Waals surface area (Å²) in [5.74, 6) is 1.51. The lowest BCUT2D eigenvalue weighted by molar-refractivity contribution is 0.135. The number of aliphatic hydroxyl groups is 1. The van der Waals surface area contributed by atoms with Gasteiger partial charge < -0.3 is 20.5 Å². The Bertz CT molecular complexity index is 695. The molecule has 142 valence electrons. The van der Waals surface area contributed by atoms with Crippen LogP contribution in [0.5, 0.6) is 5.88 Å². The van der Waals surface area contributed by atoms with Gasteiger partial charge in [-0.2, -0.15) is 21.3 Å². The van der Waals surface area contributed by atoms with Crippen molar-refractivity contribution in [3.05, 3.63) is 28.5 Å². The Morgan fingerprint density at radius 2 is 2.23 bits per heavy atom. The van der Waals surface area contributed by atoms with Gasteiger partial charge in [-0.05, 0) is 42.7 Å². The minimum Gasteiger partial charge on any atom is -0.475 e. The summed E-state index contributed by atoms with van der Waals surface area (Å²) < 4.78 is 5.69. The Hall–Kier alpha value is -1.90. The third-order valence-electron chi connectivity index (χ3n) is 4.42. The van der Waals surface area contributed by atoms with Gasteiger partial charge in [0.15, 0.2) is 0 Å². The molecule has 3 heterocycles. The molecule has 0 unspecified atom stereocenters. The first-order valence-electron chi connectivity index (χ1n) is 8.97. The van der Waals surface area contributed by atoms with Crippen molar-refractivity contribution in [2.75, 3.05) is 36.9 Å². The normalized spacial score (nSPS) is 18.5. The maximum atomic E-state index is 9.50. The van der Waals surface area contributed by atoms with E-state index in [-0.39, 0.29) is 24.7 Å². The highest BCUT2D eigenvalue weighted by Crippen LogP contribution is 2.24. The average molecular weight is 378 g/mol. The van der Waals surface area contributed by atoms with E-state index in [2.05, 4.69) is 36.6 Å². The fraction of sp³-hybridized carbons (Fsp3) is 0.556. The number of aliphatic hydroxyl groups excluding tert-OH is 1. The Morgan fingerprint density at radius 3 is 2.92 bits per heavy atom. The highest BCUT2D eigenvalue weighted by molar-refractivity contribution is 7.07. The molecule has 0 spiro atoms. The molecular formula is C18H27N5O2S. The predicted octanol–water partition coefficient (Wildman–Crippen LogP) is 1.98. The second kappa shape index (κ2) is 8.66. The number of thiophene rings is 1. The number of piperazine rings is 1. The first-order chi connectivity index (χ1) is 12.5. The summed E-state index contributed by atoms with van der Waals surface area (Å²) in [4.78, 5) is 13.2. The quantitative estimate of drug-likeness (QED) is 0.763. The molecule has 0 aliphatic carbocycles. The van der Waals surface area contributed by atoms with E-state index in [1.807, 2.05) is 19.9 Å². The molecule has 7 nitrogen and oxygen atoms in total. The van der Waals surface area contributed by atoms with Crippen LogP contribution >= 0.6 is 11.3 Å². The van der Waals surface area contributed by atoms with Gasteiger partial charge in [0.1, 0.15) is 5.82 Å². The molecule has 3 rings (SSSR count). The fourth-order valence-electron chi connectivity index (χ4n) is 3.24. The van der Waals surface area contributed by atoms with E-state index in [0.717, 1.165) is 38.4 Å². The predicted molar refractivity (Wildman–Crippen MR) is 105 cm³/mol. The van der Waals surface area contributed by atoms with E-state index in [1.165, 1.54) is 5.56 Å². The zero-order chi connectivity index (χ0) is 18.5. The minimum absolute atomic E-state index is 0.0294. The Balaban J connectivity index is 1.73. The second-order valence-corrected chi connectivity index (χ2v) is 7.58. The van der Waals surface area contributed by atoms with Crippen LogP contribution in [0.15, 0.2) is 22.9 Å². The maximum absolute atomic E-state index is 9.50. The van der Waals surface area contributed by atoms with E-state index in [1.54, 1.807) is 11.3 Å². The highest BCUT2D eigenvalue weighted by atomic mass is 32.1. The average Bonchev–Trinajstić information content (AvgIpc) is 3.08. The standard InChI is InChI=1S/C18H27N5O2S/c1-13(2)25-17-9-16(20-18(19)21-17)23-6-5-22(15(11-23)3-7-24)10-14-4-8-26-12-14/h4,8-9,12-13,15,24H,3,5-7,10-11H2,1-2H3,(H2,19,20,21)/t15-/m1/s1. The third kappa shape index (κ3) is 4.84. The van der Waals surface area contributed by atoms with Gasteiger partial charge in [-0.1, -0.05) is 0 Å². The van der Waals surface area contributed by atoms with Crippen LogP contribution in [0.2, 0.25) is 0 Å². The number of nitrogen functional groups attached to an aromatic ring is 1. The molecule has 0 radical (unpaired) electrons. The van der Waals surface area contributed by atoms with Crippen molar-refractivity contribution in [3.8, 4) is 5.88 Å². The van der Waals surface area contributed by atoms with Crippen LogP contribution < -0.4 is 15.4 Å². The highest BCUT2D eigenvalue weighted by Gasteiger charge is 2.28. The number of rotatable bonds is 7. The smallest absolute Gasteiger partial charge is 0.225 e. The summed E-state index contributed by atoms with van der Waals surface area (Å²) in [7, 11) is 0. The lowest BCUT2D eigenvalue weighted by Crippen LogP contribution is -2.53. The first kappa shape index (κ1) is 18.9. The van der Waals surface area contributed by atoms with Crippen LogP contribution in [0.3, 0.4) is 0 Å². The lowest BCUT2D eigenvalue weighted by Gasteiger charge is -2.42. The number of nitrogens with zero attached hydrogens (tertiary/aromatic N) is 4. The summed E-state index contributed by atoms with van der Waals surface area (Å²) in [6, 6.07) is 4.27. The monoisotopic (exact) mass is 377 g/mol. The molecule has 8 heteroatoms. The van der Waals surface area contributed by atoms with Gasteiger partial charge in [0.25, 0.3) is 0 Å². The van der Waals surface area contributed by atoms with Crippen LogP contribution in [-0.2, 0) is 6.54 Å². The molecular weight excluding hydrogens is 350 g/mol. The van der Waals surface area contributed by atoms with Crippen LogP contribution in [0.1, 0.15) is 25.8 Å². The second-order valence-electron chi connectivity index (χ2n) is 6.80. The summed E-state index contributed by atoms with van der Waals surface area (Å²) in [6.07, 6.45) is 0.762. The molecule has 1 saturated heterocycles. The summed E-state index contributed by atoms with van der Waals surface area (Å²) in [5.41, 5.74) is 7.20. The summed E-state index contributed by atoms with van der Waals surface area (Å²) >= 11 is 1.72. The number of nitrogens with two attached hydrogens (primary N) is 1. The van der Waals surface area contributed by atoms with Gasteiger partial charge in [0.2, 0.25) is 11.8 Å². The molecule has 1 aliphatic rings. The fourth-order valence-corrected chi connectivity index (χ4v) is 3.90. The molecule has 26 heavy (non-hydrogen) atoms. The van der Waals surface area contributed by atoms with Crippen molar-refractivity contribution in [3.63, 3.8) is 0 Å². The molecule has 1 atom stereocenters. The third-order valence-corrected chi connectivity index (χ3v) is 5.15. The number of ether oxygens (including phenoxy) is 1. The van der Waals surface area contributed by atoms with Crippen LogP contribution in [0.4, 0.5) is 11.8 Å². The van der Waals surface area contributed by atoms with Gasteiger partial charge in [0.05, 0.1) is 6.10 Å². The van der Waals surface area contributed by atoms with Crippen molar-refractivity contribution in [2.24, 2.45) is 0 Å². The number of hydrogen-bond donors (Lipinski definition) is 2. The molecule has 0 amide bonds. The van der Waals surface area contributed by atoms with Crippen LogP contribution in [-0.4, -0.2) is 58.4 Å². The SMILES string of the molecule is CC(C)Oc1cc(N2CCN(Cc3ccsc3)[C@H](CCO)C2)nc(N)n1. The van der Waals surface area contributed by atoms with Crippen molar-refractivity contribution in [1.82, 2.24) is 14.9 Å². The van der Waals surface area contributed by atoms with Gasteiger partial charge in [-0.25, -0.2) is 0 Å². The topological polar surface area (TPSA) is 87.7 Å². The van der Waals surface area contributed by atoms with Gasteiger partial charge in [-0.15, -0.1) is 0 Å². The van der Waals surface area contributed by atoms with Gasteiger partial charge in [0, 0.05) is 44.9 Å². The molecule has 2 aromatic heterocycles. The Labute approximate surface area is 158 Å². The first-order valence-corrected chi connectivity index (χ1v) is 9.91. The molecule has 1 aliphatic heterocycles. The van der Waals surface area contributed by atoms with Crippen molar-refractivity contribution in [1.29, 1.82) is 0 Å². The molecule has 0 bridgehead atoms. The minimum atomic E-state index is 0.0294. The van der Waals surface area contributed by atoms with Gasteiger partial charge >= 0.3 is 0 Å². The molecule has 2 aromatic rings. The van der Waals surface area contributed by atoms with E-state index in [4.69, 9.17) is 10.5 Å². The molecule has 0 aromatic carbocycles. The number of aromatic nitrogens is 2. The van der Waals surface area contributed by atoms with Crippen molar-refractivity contribution >= 4 is 23.1 Å². The Kier molecular flexibility index (Phi) is 6.29. The molecule has 1 fully saturated rings. The zero-order valence-corrected chi connectivity index (χ0v) is 16.2. The van der Waals surface area contributed by atoms with E-state index in [0.29, 0.717) is 5.88 Å². The molecule has 3 N–H and O–H groups in total. The number of hydrogen-bond acceptors (Lipinski definition) is 8. The summed E-state index contributed by atoms with van der Waals surface area (Å²) in [5, 5.41) is 13.8. The van der Waals surface area contributed by atoms with E-state index in [9.17, 15) is 5.11 Å². The van der Waals surface area contributed by atoms with E-state index < -0.39 is 0 Å². The van der Waals surface area contributed by atoms with Crippen molar-refractivity contribution < 1.29 is 9.84 Å². The maximum Gasteiger partial charge on any atom is 0.225 e. The van der Waals surface area contributed by atoms with Crippen molar-refractivity contribution in [2.45, 2.75) is 39.0 Å². The van der Waals surface area contributed by atoms with E-state index >= 15 is 0 Å². The van der Waals surface area contributed by atoms with Crippen LogP contribution in [0, 0.1) is 0 Å². The largest absolute Gasteiger partial charge is 0.475 e.